The van der Waals surface area contributed by atoms with Crippen LogP contribution in [0.1, 0.15) is 5.56 Å². The maximum atomic E-state index is 13.4. The lowest BCUT2D eigenvalue weighted by molar-refractivity contribution is 0.626. The summed E-state index contributed by atoms with van der Waals surface area (Å²) >= 11 is 0. The van der Waals surface area contributed by atoms with Crippen molar-refractivity contribution in [1.29, 1.82) is 0 Å². The lowest BCUT2D eigenvalue weighted by Crippen LogP contribution is -2.02. The molecule has 30 heavy (non-hydrogen) atoms. The molecule has 5 rings (SSSR count). The van der Waals surface area contributed by atoms with Crippen LogP contribution < -0.4 is 5.32 Å². The van der Waals surface area contributed by atoms with Crippen molar-refractivity contribution >= 4 is 11.5 Å². The highest BCUT2D eigenvalue weighted by Gasteiger charge is 2.09. The Morgan fingerprint density at radius 3 is 2.63 bits per heavy atom. The fourth-order valence-electron chi connectivity index (χ4n) is 3.32. The number of aryl methyl sites for hydroxylation is 1. The molecule has 0 atom stereocenters. The van der Waals surface area contributed by atoms with Gasteiger partial charge < -0.3 is 5.32 Å². The van der Waals surface area contributed by atoms with Gasteiger partial charge in [-0.1, -0.05) is 24.3 Å². The first-order valence-electron chi connectivity index (χ1n) is 9.42. The van der Waals surface area contributed by atoms with Gasteiger partial charge in [0.05, 0.1) is 23.8 Å². The van der Waals surface area contributed by atoms with Crippen molar-refractivity contribution in [1.82, 2.24) is 29.1 Å². The van der Waals surface area contributed by atoms with Crippen LogP contribution in [-0.4, -0.2) is 29.1 Å². The number of rotatable bonds is 5. The van der Waals surface area contributed by atoms with Crippen LogP contribution in [0.4, 0.5) is 10.2 Å². The van der Waals surface area contributed by atoms with Gasteiger partial charge in [0.2, 0.25) is 0 Å². The highest BCUT2D eigenvalue weighted by molar-refractivity contribution is 5.63. The Hall–Kier alpha value is -4.07. The van der Waals surface area contributed by atoms with E-state index in [4.69, 9.17) is 0 Å². The number of fused-ring (bicyclic) bond motifs is 1. The Labute approximate surface area is 171 Å². The fraction of sp³-hybridized carbons (Fsp3) is 0.0909. The summed E-state index contributed by atoms with van der Waals surface area (Å²) in [6.45, 7) is 0.627. The predicted molar refractivity (Wildman–Crippen MR) is 112 cm³/mol. The Kier molecular flexibility index (Phi) is 4.44. The zero-order valence-corrected chi connectivity index (χ0v) is 16.2. The second-order valence-corrected chi connectivity index (χ2v) is 6.96. The molecule has 148 valence electrons. The molecule has 1 N–H and O–H groups in total. The lowest BCUT2D eigenvalue weighted by Gasteiger charge is -2.08. The molecule has 0 unspecified atom stereocenters. The third kappa shape index (κ3) is 3.50. The van der Waals surface area contributed by atoms with Gasteiger partial charge in [-0.15, -0.1) is 0 Å². The van der Waals surface area contributed by atoms with E-state index >= 15 is 0 Å². The quantitative estimate of drug-likeness (QED) is 0.485. The second kappa shape index (κ2) is 7.40. The van der Waals surface area contributed by atoms with Crippen LogP contribution in [0.5, 0.6) is 0 Å². The molecule has 7 nitrogen and oxygen atoms in total. The monoisotopic (exact) mass is 399 g/mol. The molecule has 0 aliphatic carbocycles. The average Bonchev–Trinajstić information content (AvgIpc) is 3.39. The Morgan fingerprint density at radius 1 is 0.967 bits per heavy atom. The van der Waals surface area contributed by atoms with Crippen molar-refractivity contribution in [3.05, 3.63) is 85.0 Å². The number of benzene rings is 1. The molecule has 0 fully saturated rings. The van der Waals surface area contributed by atoms with Crippen molar-refractivity contribution in [2.45, 2.75) is 6.54 Å². The summed E-state index contributed by atoms with van der Waals surface area (Å²) in [6, 6.07) is 13.0. The maximum Gasteiger partial charge on any atom is 0.140 e. The summed E-state index contributed by atoms with van der Waals surface area (Å²) in [6.07, 6.45) is 8.67. The van der Waals surface area contributed by atoms with E-state index in [1.807, 2.05) is 25.5 Å². The number of pyridine rings is 1. The van der Waals surface area contributed by atoms with Crippen molar-refractivity contribution in [2.24, 2.45) is 7.05 Å². The smallest absolute Gasteiger partial charge is 0.140 e. The number of anilines is 1. The molecule has 0 aliphatic rings. The molecule has 0 aliphatic heterocycles. The van der Waals surface area contributed by atoms with Crippen LogP contribution in [0.25, 0.3) is 28.2 Å². The minimum absolute atomic E-state index is 0.320. The van der Waals surface area contributed by atoms with Gasteiger partial charge in [-0.25, -0.2) is 19.3 Å². The molecule has 0 radical (unpaired) electrons. The molecule has 5 aromatic rings. The topological polar surface area (TPSA) is 72.9 Å². The van der Waals surface area contributed by atoms with Gasteiger partial charge in [0.25, 0.3) is 0 Å². The standard InChI is InChI=1S/C22H18FN7/c1-29-13-17(11-28-29)16-4-2-15(3-5-16)10-24-21-9-19(26-14-27-21)20-12-25-22-8-18(23)6-7-30(20)22/h2-9,11-14H,10H2,1H3,(H,24,26,27). The van der Waals surface area contributed by atoms with E-state index in [-0.39, 0.29) is 5.82 Å². The molecule has 0 bridgehead atoms. The Bertz CT molecular complexity index is 1320. The van der Waals surface area contributed by atoms with Gasteiger partial charge in [0, 0.05) is 43.7 Å². The molecule has 0 saturated carbocycles. The van der Waals surface area contributed by atoms with Gasteiger partial charge in [-0.2, -0.15) is 5.10 Å². The average molecular weight is 399 g/mol. The number of nitrogens with zero attached hydrogens (tertiary/aromatic N) is 6. The normalized spacial score (nSPS) is 11.1. The van der Waals surface area contributed by atoms with Crippen LogP contribution in [-0.2, 0) is 13.6 Å². The number of hydrogen-bond donors (Lipinski definition) is 1. The van der Waals surface area contributed by atoms with E-state index in [0.29, 0.717) is 23.7 Å². The Balaban J connectivity index is 1.32. The molecule has 0 saturated heterocycles. The van der Waals surface area contributed by atoms with E-state index in [9.17, 15) is 4.39 Å². The van der Waals surface area contributed by atoms with Crippen molar-refractivity contribution < 1.29 is 4.39 Å². The maximum absolute atomic E-state index is 13.4. The van der Waals surface area contributed by atoms with Crippen LogP contribution >= 0.6 is 0 Å². The van der Waals surface area contributed by atoms with Crippen molar-refractivity contribution in [2.75, 3.05) is 5.32 Å². The summed E-state index contributed by atoms with van der Waals surface area (Å²) < 4.78 is 17.0. The highest BCUT2D eigenvalue weighted by Crippen LogP contribution is 2.22. The summed E-state index contributed by atoms with van der Waals surface area (Å²) in [5.74, 6) is 0.382. The minimum atomic E-state index is -0.320. The number of imidazole rings is 1. The molecule has 4 heterocycles. The Morgan fingerprint density at radius 2 is 1.83 bits per heavy atom. The van der Waals surface area contributed by atoms with E-state index in [2.05, 4.69) is 49.6 Å². The summed E-state index contributed by atoms with van der Waals surface area (Å²) in [4.78, 5) is 12.9. The van der Waals surface area contributed by atoms with Crippen LogP contribution in [0, 0.1) is 5.82 Å². The summed E-state index contributed by atoms with van der Waals surface area (Å²) in [7, 11) is 1.91. The number of halogens is 1. The molecule has 0 amide bonds. The van der Waals surface area contributed by atoms with Crippen LogP contribution in [0.3, 0.4) is 0 Å². The molecule has 1 aromatic carbocycles. The highest BCUT2D eigenvalue weighted by atomic mass is 19.1. The van der Waals surface area contributed by atoms with E-state index in [0.717, 1.165) is 22.4 Å². The first-order valence-corrected chi connectivity index (χ1v) is 9.42. The van der Waals surface area contributed by atoms with Crippen LogP contribution in [0.15, 0.2) is 73.6 Å². The van der Waals surface area contributed by atoms with Gasteiger partial charge in [-0.3, -0.25) is 9.08 Å². The van der Waals surface area contributed by atoms with E-state index in [1.54, 1.807) is 21.5 Å². The number of aromatic nitrogens is 6. The van der Waals surface area contributed by atoms with E-state index < -0.39 is 0 Å². The van der Waals surface area contributed by atoms with Gasteiger partial charge in [-0.05, 0) is 17.2 Å². The first kappa shape index (κ1) is 18.0. The van der Waals surface area contributed by atoms with Gasteiger partial charge in [0.1, 0.15) is 23.6 Å². The molecular weight excluding hydrogens is 381 g/mol. The zero-order chi connectivity index (χ0) is 20.5. The summed E-state index contributed by atoms with van der Waals surface area (Å²) in [5, 5.41) is 7.54. The third-order valence-electron chi connectivity index (χ3n) is 4.87. The van der Waals surface area contributed by atoms with Gasteiger partial charge >= 0.3 is 0 Å². The van der Waals surface area contributed by atoms with Crippen LogP contribution in [0.2, 0.25) is 0 Å². The van der Waals surface area contributed by atoms with E-state index in [1.165, 1.54) is 18.5 Å². The van der Waals surface area contributed by atoms with Gasteiger partial charge in [0.15, 0.2) is 0 Å². The third-order valence-corrected chi connectivity index (χ3v) is 4.87. The SMILES string of the molecule is Cn1cc(-c2ccc(CNc3cc(-c4cnc5cc(F)ccn45)ncn3)cc2)cn1. The number of nitrogens with one attached hydrogen (secondary N) is 1. The zero-order valence-electron chi connectivity index (χ0n) is 16.2. The second-order valence-electron chi connectivity index (χ2n) is 6.96. The molecule has 8 heteroatoms. The largest absolute Gasteiger partial charge is 0.366 e. The summed E-state index contributed by atoms with van der Waals surface area (Å²) in [5.41, 5.74) is 5.36. The number of hydrogen-bond acceptors (Lipinski definition) is 5. The molecule has 4 aromatic heterocycles. The first-order chi connectivity index (χ1) is 14.7. The fourth-order valence-corrected chi connectivity index (χ4v) is 3.32. The van der Waals surface area contributed by atoms with Crippen molar-refractivity contribution in [3.8, 4) is 22.5 Å². The predicted octanol–water partition coefficient (Wildman–Crippen LogP) is 3.94. The minimum Gasteiger partial charge on any atom is -0.366 e. The lowest BCUT2D eigenvalue weighted by atomic mass is 10.1. The molecule has 0 spiro atoms. The van der Waals surface area contributed by atoms with Crippen molar-refractivity contribution in [3.63, 3.8) is 0 Å². The molecular formula is C22H18FN7.